The summed E-state index contributed by atoms with van der Waals surface area (Å²) in [6.45, 7) is 9.63. The number of nitrogens with one attached hydrogen (secondary N) is 1. The van der Waals surface area contributed by atoms with Crippen LogP contribution in [0.4, 0.5) is 0 Å². The van der Waals surface area contributed by atoms with Crippen molar-refractivity contribution in [1.29, 1.82) is 0 Å². The molecule has 0 atom stereocenters. The van der Waals surface area contributed by atoms with Gasteiger partial charge in [-0.2, -0.15) is 0 Å². The van der Waals surface area contributed by atoms with Crippen molar-refractivity contribution in [3.8, 4) is 0 Å². The third-order valence-electron chi connectivity index (χ3n) is 3.60. The molecular weight excluding hydrogens is 226 g/mol. The second-order valence-electron chi connectivity index (χ2n) is 5.42. The lowest BCUT2D eigenvalue weighted by Gasteiger charge is -2.29. The van der Waals surface area contributed by atoms with Gasteiger partial charge in [0.05, 0.1) is 12.2 Å². The Kier molecular flexibility index (Phi) is 5.20. The summed E-state index contributed by atoms with van der Waals surface area (Å²) in [6.07, 6.45) is 3.76. The average Bonchev–Trinajstić information content (AvgIpc) is 2.80. The Labute approximate surface area is 110 Å². The first-order valence-corrected chi connectivity index (χ1v) is 7.15. The Morgan fingerprint density at radius 1 is 1.44 bits per heavy atom. The molecule has 1 aliphatic rings. The summed E-state index contributed by atoms with van der Waals surface area (Å²) in [5.41, 5.74) is 1.02. The normalized spacial score (nSPS) is 18.3. The van der Waals surface area contributed by atoms with Crippen LogP contribution in [0.15, 0.2) is 10.6 Å². The monoisotopic (exact) mass is 251 g/mol. The van der Waals surface area contributed by atoms with Crippen molar-refractivity contribution < 1.29 is 4.52 Å². The summed E-state index contributed by atoms with van der Waals surface area (Å²) in [5.74, 6) is 1.88. The highest BCUT2D eigenvalue weighted by atomic mass is 16.5. The third-order valence-corrected chi connectivity index (χ3v) is 3.60. The van der Waals surface area contributed by atoms with Crippen LogP contribution in [0.1, 0.15) is 44.6 Å². The molecule has 0 spiro atoms. The van der Waals surface area contributed by atoms with E-state index in [1.807, 2.05) is 0 Å². The summed E-state index contributed by atoms with van der Waals surface area (Å²) in [7, 11) is 0. The molecule has 1 saturated heterocycles. The van der Waals surface area contributed by atoms with Gasteiger partial charge in [0.1, 0.15) is 0 Å². The van der Waals surface area contributed by atoms with Gasteiger partial charge in [-0.1, -0.05) is 19.0 Å². The van der Waals surface area contributed by atoms with Crippen LogP contribution in [0.3, 0.4) is 0 Å². The number of nitrogens with zero attached hydrogens (tertiary/aromatic N) is 2. The van der Waals surface area contributed by atoms with E-state index in [4.69, 9.17) is 4.52 Å². The summed E-state index contributed by atoms with van der Waals surface area (Å²) in [5, 5.41) is 7.44. The zero-order valence-electron chi connectivity index (χ0n) is 11.6. The van der Waals surface area contributed by atoms with Crippen LogP contribution in [0, 0.1) is 5.92 Å². The largest absolute Gasteiger partial charge is 0.360 e. The first-order valence-electron chi connectivity index (χ1n) is 7.15. The van der Waals surface area contributed by atoms with Crippen molar-refractivity contribution in [3.05, 3.63) is 17.5 Å². The van der Waals surface area contributed by atoms with Gasteiger partial charge in [-0.05, 0) is 44.8 Å². The minimum Gasteiger partial charge on any atom is -0.360 e. The molecule has 0 radical (unpaired) electrons. The van der Waals surface area contributed by atoms with E-state index in [-0.39, 0.29) is 0 Å². The van der Waals surface area contributed by atoms with Crippen LogP contribution in [-0.4, -0.2) is 29.7 Å². The van der Waals surface area contributed by atoms with E-state index in [1.165, 1.54) is 25.9 Å². The molecule has 18 heavy (non-hydrogen) atoms. The zero-order valence-corrected chi connectivity index (χ0v) is 11.6. The van der Waals surface area contributed by atoms with Gasteiger partial charge in [-0.25, -0.2) is 0 Å². The van der Waals surface area contributed by atoms with Gasteiger partial charge in [0.2, 0.25) is 0 Å². The van der Waals surface area contributed by atoms with Gasteiger partial charge in [0.25, 0.3) is 0 Å². The van der Waals surface area contributed by atoms with E-state index in [1.54, 1.807) is 0 Å². The molecule has 1 aromatic rings. The predicted octanol–water partition coefficient (Wildman–Crippen LogP) is 2.41. The lowest BCUT2D eigenvalue weighted by atomic mass is 9.99. The minimum absolute atomic E-state index is 0.814. The lowest BCUT2D eigenvalue weighted by Crippen LogP contribution is -2.32. The van der Waals surface area contributed by atoms with Gasteiger partial charge in [-0.15, -0.1) is 0 Å². The van der Waals surface area contributed by atoms with E-state index in [9.17, 15) is 0 Å². The lowest BCUT2D eigenvalue weighted by molar-refractivity contribution is 0.168. The van der Waals surface area contributed by atoms with Crippen molar-refractivity contribution in [3.63, 3.8) is 0 Å². The molecule has 0 bridgehead atoms. The minimum atomic E-state index is 0.814. The number of piperidine rings is 1. The maximum Gasteiger partial charge on any atom is 0.151 e. The molecule has 4 nitrogen and oxygen atoms in total. The van der Waals surface area contributed by atoms with Crippen molar-refractivity contribution >= 4 is 0 Å². The fourth-order valence-corrected chi connectivity index (χ4v) is 2.35. The van der Waals surface area contributed by atoms with Gasteiger partial charge in [0.15, 0.2) is 5.76 Å². The molecule has 1 aliphatic heterocycles. The highest BCUT2D eigenvalue weighted by molar-refractivity contribution is 5.05. The number of aromatic nitrogens is 1. The molecule has 0 unspecified atom stereocenters. The van der Waals surface area contributed by atoms with Crippen LogP contribution >= 0.6 is 0 Å². The van der Waals surface area contributed by atoms with Crippen LogP contribution in [0.5, 0.6) is 0 Å². The SMILES string of the molecule is CCCNCc1cc(CN2CCC(C)CC2)on1. The van der Waals surface area contributed by atoms with Crippen molar-refractivity contribution in [1.82, 2.24) is 15.4 Å². The molecule has 1 aromatic heterocycles. The summed E-state index contributed by atoms with van der Waals surface area (Å²) < 4.78 is 5.39. The highest BCUT2D eigenvalue weighted by Gasteiger charge is 2.17. The maximum atomic E-state index is 5.39. The first-order chi connectivity index (χ1) is 8.78. The Hall–Kier alpha value is -0.870. The van der Waals surface area contributed by atoms with Crippen LogP contribution in [-0.2, 0) is 13.1 Å². The van der Waals surface area contributed by atoms with Gasteiger partial charge in [-0.3, -0.25) is 4.90 Å². The summed E-state index contributed by atoms with van der Waals surface area (Å²) in [6, 6.07) is 2.08. The fraction of sp³-hybridized carbons (Fsp3) is 0.786. The number of likely N-dealkylation sites (tertiary alicyclic amines) is 1. The van der Waals surface area contributed by atoms with Crippen molar-refractivity contribution in [2.45, 2.75) is 46.2 Å². The molecule has 2 heterocycles. The quantitative estimate of drug-likeness (QED) is 0.788. The van der Waals surface area contributed by atoms with E-state index < -0.39 is 0 Å². The van der Waals surface area contributed by atoms with Gasteiger partial charge < -0.3 is 9.84 Å². The Bertz CT molecular complexity index is 343. The molecule has 0 saturated carbocycles. The Morgan fingerprint density at radius 3 is 2.94 bits per heavy atom. The number of hydrogen-bond donors (Lipinski definition) is 1. The standard InChI is InChI=1S/C14H25N3O/c1-3-6-15-10-13-9-14(18-16-13)11-17-7-4-12(2)5-8-17/h9,12,15H,3-8,10-11H2,1-2H3. The Morgan fingerprint density at radius 2 is 2.22 bits per heavy atom. The van der Waals surface area contributed by atoms with Crippen molar-refractivity contribution in [2.24, 2.45) is 5.92 Å². The van der Waals surface area contributed by atoms with E-state index in [0.29, 0.717) is 0 Å². The molecule has 1 N–H and O–H groups in total. The van der Waals surface area contributed by atoms with Crippen LogP contribution in [0.25, 0.3) is 0 Å². The molecule has 4 heteroatoms. The summed E-state index contributed by atoms with van der Waals surface area (Å²) >= 11 is 0. The molecular formula is C14H25N3O. The topological polar surface area (TPSA) is 41.3 Å². The first kappa shape index (κ1) is 13.6. The van der Waals surface area contributed by atoms with Crippen molar-refractivity contribution in [2.75, 3.05) is 19.6 Å². The number of hydrogen-bond acceptors (Lipinski definition) is 4. The predicted molar refractivity (Wildman–Crippen MR) is 72.2 cm³/mol. The maximum absolute atomic E-state index is 5.39. The molecule has 0 aliphatic carbocycles. The van der Waals surface area contributed by atoms with Crippen LogP contribution in [0.2, 0.25) is 0 Å². The van der Waals surface area contributed by atoms with Crippen LogP contribution < -0.4 is 5.32 Å². The smallest absolute Gasteiger partial charge is 0.151 e. The van der Waals surface area contributed by atoms with E-state index >= 15 is 0 Å². The number of rotatable bonds is 6. The molecule has 0 amide bonds. The Balaban J connectivity index is 1.76. The molecule has 102 valence electrons. The van der Waals surface area contributed by atoms with Gasteiger partial charge in [0, 0.05) is 12.6 Å². The fourth-order valence-electron chi connectivity index (χ4n) is 2.35. The molecule has 1 fully saturated rings. The second-order valence-corrected chi connectivity index (χ2v) is 5.42. The second kappa shape index (κ2) is 6.90. The average molecular weight is 251 g/mol. The third kappa shape index (κ3) is 4.10. The zero-order chi connectivity index (χ0) is 12.8. The molecule has 2 rings (SSSR count). The van der Waals surface area contributed by atoms with E-state index in [2.05, 4.69) is 35.3 Å². The van der Waals surface area contributed by atoms with Gasteiger partial charge >= 0.3 is 0 Å². The molecule has 0 aromatic carbocycles. The highest BCUT2D eigenvalue weighted by Crippen LogP contribution is 2.18. The summed E-state index contributed by atoms with van der Waals surface area (Å²) in [4.78, 5) is 2.46. The van der Waals surface area contributed by atoms with E-state index in [0.717, 1.165) is 43.4 Å².